The fraction of sp³-hybridized carbons (Fsp3) is 0.167. The maximum atomic E-state index is 12.6. The second-order valence-electron chi connectivity index (χ2n) is 5.28. The number of hydrogen-bond donors (Lipinski definition) is 0. The number of carbonyl (C=O) groups is 1. The van der Waals surface area contributed by atoms with Gasteiger partial charge in [-0.3, -0.25) is 4.79 Å². The van der Waals surface area contributed by atoms with Crippen LogP contribution in [0.4, 0.5) is 0 Å². The molecule has 122 valence electrons. The molecule has 0 aliphatic rings. The normalized spacial score (nSPS) is 10.8. The van der Waals surface area contributed by atoms with Crippen molar-refractivity contribution >= 4 is 16.9 Å². The van der Waals surface area contributed by atoms with Gasteiger partial charge in [-0.1, -0.05) is 11.6 Å². The van der Waals surface area contributed by atoms with Gasteiger partial charge in [-0.2, -0.15) is 0 Å². The van der Waals surface area contributed by atoms with Crippen molar-refractivity contribution in [3.63, 3.8) is 0 Å². The lowest BCUT2D eigenvalue weighted by Crippen LogP contribution is -2.31. The molecule has 1 aromatic heterocycles. The van der Waals surface area contributed by atoms with Gasteiger partial charge >= 0.3 is 11.7 Å². The van der Waals surface area contributed by atoms with Crippen molar-refractivity contribution in [2.24, 2.45) is 0 Å². The van der Waals surface area contributed by atoms with Gasteiger partial charge in [0, 0.05) is 0 Å². The molecular weight excluding hydrogens is 310 g/mol. The smallest absolute Gasteiger partial charge is 0.426 e. The molecule has 6 nitrogen and oxygen atoms in total. The lowest BCUT2D eigenvalue weighted by Gasteiger charge is -2.07. The Bertz CT molecular complexity index is 1030. The summed E-state index contributed by atoms with van der Waals surface area (Å²) in [6.45, 7) is 3.84. The van der Waals surface area contributed by atoms with Gasteiger partial charge < -0.3 is 9.15 Å². The molecule has 0 spiro atoms. The molecule has 0 saturated heterocycles. The highest BCUT2D eigenvalue weighted by Gasteiger charge is 2.13. The molecule has 0 unspecified atom stereocenters. The molecule has 0 aliphatic heterocycles. The van der Waals surface area contributed by atoms with Crippen LogP contribution in [0.2, 0.25) is 0 Å². The van der Waals surface area contributed by atoms with E-state index in [0.29, 0.717) is 16.6 Å². The molecule has 2 aromatic carbocycles. The molecule has 6 heteroatoms. The Morgan fingerprint density at radius 2 is 1.83 bits per heavy atom. The molecule has 0 N–H and O–H groups in total. The van der Waals surface area contributed by atoms with E-state index in [1.165, 1.54) is 24.3 Å². The summed E-state index contributed by atoms with van der Waals surface area (Å²) in [5, 5.41) is 0.323. The van der Waals surface area contributed by atoms with Crippen LogP contribution in [-0.4, -0.2) is 17.1 Å². The quantitative estimate of drug-likeness (QED) is 0.691. The van der Waals surface area contributed by atoms with E-state index in [4.69, 9.17) is 9.15 Å². The molecule has 3 aromatic rings. The Hall–Kier alpha value is -3.15. The number of fused-ring (bicyclic) bond motifs is 1. The second kappa shape index (κ2) is 6.16. The van der Waals surface area contributed by atoms with E-state index >= 15 is 0 Å². The predicted octanol–water partition coefficient (Wildman–Crippen LogP) is 2.43. The number of benzene rings is 2. The summed E-state index contributed by atoms with van der Waals surface area (Å²) >= 11 is 0. The third-order valence-electron chi connectivity index (χ3n) is 3.59. The third-order valence-corrected chi connectivity index (χ3v) is 3.59. The van der Waals surface area contributed by atoms with Gasteiger partial charge in [0.15, 0.2) is 0 Å². The summed E-state index contributed by atoms with van der Waals surface area (Å²) in [6, 6.07) is 11.0. The SMILES string of the molecule is CCOC(=O)c1ccc(-n2c(=O)oc3ccc(C)cc3c2=O)cc1. The Kier molecular flexibility index (Phi) is 4.04. The predicted molar refractivity (Wildman–Crippen MR) is 88.8 cm³/mol. The number of aromatic nitrogens is 1. The molecule has 0 aliphatic carbocycles. The van der Waals surface area contributed by atoms with Crippen molar-refractivity contribution in [3.8, 4) is 5.69 Å². The van der Waals surface area contributed by atoms with E-state index in [1.54, 1.807) is 25.1 Å². The molecule has 1 heterocycles. The maximum Gasteiger partial charge on any atom is 0.426 e. The highest BCUT2D eigenvalue weighted by molar-refractivity contribution is 5.89. The molecule has 0 amide bonds. The standard InChI is InChI=1S/C18H15NO5/c1-3-23-17(21)12-5-7-13(8-6-12)19-16(20)14-10-11(2)4-9-15(14)24-18(19)22/h4-10H,3H2,1-2H3. The summed E-state index contributed by atoms with van der Waals surface area (Å²) in [7, 11) is 0. The number of esters is 1. The monoisotopic (exact) mass is 325 g/mol. The van der Waals surface area contributed by atoms with Crippen LogP contribution in [0.15, 0.2) is 56.5 Å². The van der Waals surface area contributed by atoms with Gasteiger partial charge in [0.05, 0.1) is 23.2 Å². The van der Waals surface area contributed by atoms with Crippen molar-refractivity contribution in [3.05, 3.63) is 74.5 Å². The van der Waals surface area contributed by atoms with Crippen molar-refractivity contribution in [2.75, 3.05) is 6.61 Å². The zero-order valence-corrected chi connectivity index (χ0v) is 13.2. The van der Waals surface area contributed by atoms with Gasteiger partial charge in [-0.15, -0.1) is 0 Å². The van der Waals surface area contributed by atoms with Crippen molar-refractivity contribution < 1.29 is 13.9 Å². The molecule has 0 saturated carbocycles. The summed E-state index contributed by atoms with van der Waals surface area (Å²) in [4.78, 5) is 36.5. The van der Waals surface area contributed by atoms with Gasteiger partial charge in [-0.25, -0.2) is 14.2 Å². The van der Waals surface area contributed by atoms with Crippen LogP contribution in [0, 0.1) is 6.92 Å². The zero-order chi connectivity index (χ0) is 17.3. The summed E-state index contributed by atoms with van der Waals surface area (Å²) in [5.41, 5.74) is 1.33. The first kappa shape index (κ1) is 15.7. The lowest BCUT2D eigenvalue weighted by atomic mass is 10.2. The number of hydrogen-bond acceptors (Lipinski definition) is 5. The fourth-order valence-corrected chi connectivity index (χ4v) is 2.43. The largest absolute Gasteiger partial charge is 0.462 e. The van der Waals surface area contributed by atoms with Gasteiger partial charge in [0.25, 0.3) is 5.56 Å². The summed E-state index contributed by atoms with van der Waals surface area (Å²) in [6.07, 6.45) is 0. The third kappa shape index (κ3) is 2.74. The molecule has 24 heavy (non-hydrogen) atoms. The Labute approximate surface area is 136 Å². The molecular formula is C18H15NO5. The summed E-state index contributed by atoms with van der Waals surface area (Å²) in [5.74, 6) is -1.24. The van der Waals surface area contributed by atoms with Crippen LogP contribution in [-0.2, 0) is 4.74 Å². The molecule has 0 bridgehead atoms. The summed E-state index contributed by atoms with van der Waals surface area (Å²) < 4.78 is 11.1. The number of carbonyl (C=O) groups excluding carboxylic acids is 1. The van der Waals surface area contributed by atoms with Crippen LogP contribution in [0.25, 0.3) is 16.7 Å². The van der Waals surface area contributed by atoms with E-state index in [0.717, 1.165) is 10.1 Å². The van der Waals surface area contributed by atoms with E-state index in [9.17, 15) is 14.4 Å². The fourth-order valence-electron chi connectivity index (χ4n) is 2.43. The minimum atomic E-state index is -0.778. The Morgan fingerprint density at radius 1 is 1.12 bits per heavy atom. The van der Waals surface area contributed by atoms with E-state index in [2.05, 4.69) is 0 Å². The number of aryl methyl sites for hydroxylation is 1. The molecule has 3 rings (SSSR count). The average Bonchev–Trinajstić information content (AvgIpc) is 2.56. The van der Waals surface area contributed by atoms with Crippen molar-refractivity contribution in [2.45, 2.75) is 13.8 Å². The van der Waals surface area contributed by atoms with E-state index in [-0.39, 0.29) is 12.2 Å². The minimum absolute atomic E-state index is 0.245. The van der Waals surface area contributed by atoms with Crippen LogP contribution < -0.4 is 11.3 Å². The van der Waals surface area contributed by atoms with Crippen molar-refractivity contribution in [1.29, 1.82) is 0 Å². The first-order valence-electron chi connectivity index (χ1n) is 7.45. The highest BCUT2D eigenvalue weighted by Crippen LogP contribution is 2.13. The molecule has 0 fully saturated rings. The average molecular weight is 325 g/mol. The lowest BCUT2D eigenvalue weighted by molar-refractivity contribution is 0.0526. The van der Waals surface area contributed by atoms with Gasteiger partial charge in [0.1, 0.15) is 5.58 Å². The van der Waals surface area contributed by atoms with Gasteiger partial charge in [0.2, 0.25) is 0 Å². The second-order valence-corrected chi connectivity index (χ2v) is 5.28. The Morgan fingerprint density at radius 3 is 2.50 bits per heavy atom. The van der Waals surface area contributed by atoms with Crippen LogP contribution >= 0.6 is 0 Å². The van der Waals surface area contributed by atoms with Crippen molar-refractivity contribution in [1.82, 2.24) is 4.57 Å². The van der Waals surface area contributed by atoms with Crippen LogP contribution in [0.3, 0.4) is 0 Å². The number of ether oxygens (including phenoxy) is 1. The van der Waals surface area contributed by atoms with E-state index in [1.807, 2.05) is 6.92 Å². The maximum absolute atomic E-state index is 12.6. The van der Waals surface area contributed by atoms with Crippen LogP contribution in [0.5, 0.6) is 0 Å². The van der Waals surface area contributed by atoms with E-state index < -0.39 is 17.3 Å². The molecule has 0 atom stereocenters. The zero-order valence-electron chi connectivity index (χ0n) is 13.2. The number of rotatable bonds is 3. The minimum Gasteiger partial charge on any atom is -0.462 e. The van der Waals surface area contributed by atoms with Crippen LogP contribution in [0.1, 0.15) is 22.8 Å². The first-order chi connectivity index (χ1) is 11.5. The van der Waals surface area contributed by atoms with Gasteiger partial charge in [-0.05, 0) is 50.2 Å². The first-order valence-corrected chi connectivity index (χ1v) is 7.45. The number of nitrogens with zero attached hydrogens (tertiary/aromatic N) is 1. The molecule has 0 radical (unpaired) electrons. The Balaban J connectivity index is 2.14. The highest BCUT2D eigenvalue weighted by atomic mass is 16.5. The topological polar surface area (TPSA) is 78.5 Å².